The van der Waals surface area contributed by atoms with E-state index >= 15 is 0 Å². The minimum atomic E-state index is -0.0244. The van der Waals surface area contributed by atoms with Crippen molar-refractivity contribution >= 4 is 23.2 Å². The number of ether oxygens (including phenoxy) is 1. The van der Waals surface area contributed by atoms with Crippen molar-refractivity contribution in [1.29, 1.82) is 0 Å². The summed E-state index contributed by atoms with van der Waals surface area (Å²) in [7, 11) is 0. The molecule has 0 fully saturated rings. The Hall–Kier alpha value is -2.00. The monoisotopic (exact) mass is 317 g/mol. The van der Waals surface area contributed by atoms with Crippen LogP contribution in [-0.2, 0) is 4.79 Å². The van der Waals surface area contributed by atoms with Crippen molar-refractivity contribution in [3.05, 3.63) is 53.6 Å². The lowest BCUT2D eigenvalue weighted by atomic mass is 10.1. The fourth-order valence-electron chi connectivity index (χ4n) is 2.19. The first kappa shape index (κ1) is 16.4. The largest absolute Gasteiger partial charge is 0.457 e. The fraction of sp³-hybridized carbons (Fsp3) is 0.278. The van der Waals surface area contributed by atoms with Crippen molar-refractivity contribution in [1.82, 2.24) is 0 Å². The summed E-state index contributed by atoms with van der Waals surface area (Å²) < 4.78 is 5.83. The van der Waals surface area contributed by atoms with Gasteiger partial charge in [0.05, 0.1) is 0 Å². The number of alkyl halides is 1. The van der Waals surface area contributed by atoms with Crippen molar-refractivity contribution in [3.63, 3.8) is 0 Å². The van der Waals surface area contributed by atoms with E-state index in [1.54, 1.807) is 0 Å². The summed E-state index contributed by atoms with van der Waals surface area (Å²) >= 11 is 5.57. The lowest BCUT2D eigenvalue weighted by molar-refractivity contribution is -0.116. The number of hydrogen-bond acceptors (Lipinski definition) is 2. The second-order valence-corrected chi connectivity index (χ2v) is 5.67. The zero-order valence-electron chi connectivity index (χ0n) is 12.9. The predicted molar refractivity (Wildman–Crippen MR) is 91.0 cm³/mol. The smallest absolute Gasteiger partial charge is 0.224 e. The van der Waals surface area contributed by atoms with E-state index in [-0.39, 0.29) is 5.91 Å². The van der Waals surface area contributed by atoms with Gasteiger partial charge in [0.2, 0.25) is 5.91 Å². The number of halogens is 1. The molecule has 0 radical (unpaired) electrons. The molecule has 0 aliphatic carbocycles. The number of hydrogen-bond donors (Lipinski definition) is 1. The lowest BCUT2D eigenvalue weighted by Crippen LogP contribution is -2.11. The Morgan fingerprint density at radius 2 is 1.68 bits per heavy atom. The minimum Gasteiger partial charge on any atom is -0.457 e. The molecule has 116 valence electrons. The molecule has 0 aliphatic rings. The maximum Gasteiger partial charge on any atom is 0.224 e. The van der Waals surface area contributed by atoms with Gasteiger partial charge in [-0.2, -0.15) is 0 Å². The SMILES string of the molecule is Cc1cc(C)cc(Oc2ccc(NC(=O)CCCCl)cc2)c1. The Bertz CT molecular complexity index is 618. The first-order valence-electron chi connectivity index (χ1n) is 7.29. The number of aryl methyl sites for hydroxylation is 2. The number of benzene rings is 2. The van der Waals surface area contributed by atoms with E-state index in [0.29, 0.717) is 18.7 Å². The molecule has 2 aromatic rings. The highest BCUT2D eigenvalue weighted by atomic mass is 35.5. The zero-order chi connectivity index (χ0) is 15.9. The molecule has 0 saturated heterocycles. The zero-order valence-corrected chi connectivity index (χ0v) is 13.6. The molecule has 2 rings (SSSR count). The molecule has 1 amide bonds. The van der Waals surface area contributed by atoms with Gasteiger partial charge in [0.15, 0.2) is 0 Å². The van der Waals surface area contributed by atoms with Crippen LogP contribution in [0.3, 0.4) is 0 Å². The van der Waals surface area contributed by atoms with Crippen molar-refractivity contribution < 1.29 is 9.53 Å². The maximum atomic E-state index is 11.6. The molecule has 4 heteroatoms. The first-order chi connectivity index (χ1) is 10.6. The van der Waals surface area contributed by atoms with E-state index in [4.69, 9.17) is 16.3 Å². The van der Waals surface area contributed by atoms with E-state index in [1.165, 1.54) is 0 Å². The standard InChI is InChI=1S/C18H20ClNO2/c1-13-10-14(2)12-17(11-13)22-16-7-5-15(6-8-16)20-18(21)4-3-9-19/h5-8,10-12H,3-4,9H2,1-2H3,(H,20,21). The van der Waals surface area contributed by atoms with E-state index in [9.17, 15) is 4.79 Å². The van der Waals surface area contributed by atoms with Crippen LogP contribution in [0.5, 0.6) is 11.5 Å². The normalized spacial score (nSPS) is 10.3. The van der Waals surface area contributed by atoms with Gasteiger partial charge < -0.3 is 10.1 Å². The van der Waals surface area contributed by atoms with Gasteiger partial charge in [-0.1, -0.05) is 6.07 Å². The molecular formula is C18H20ClNO2. The molecule has 0 aliphatic heterocycles. The Kier molecular flexibility index (Phi) is 5.84. The van der Waals surface area contributed by atoms with E-state index in [1.807, 2.05) is 50.2 Å². The summed E-state index contributed by atoms with van der Waals surface area (Å²) in [5.74, 6) is 2.03. The number of carbonyl (C=O) groups excluding carboxylic acids is 1. The molecule has 0 unspecified atom stereocenters. The number of amides is 1. The van der Waals surface area contributed by atoms with Crippen LogP contribution in [0.4, 0.5) is 5.69 Å². The highest BCUT2D eigenvalue weighted by molar-refractivity contribution is 6.18. The summed E-state index contributed by atoms with van der Waals surface area (Å²) in [6, 6.07) is 13.4. The molecule has 0 aromatic heterocycles. The van der Waals surface area contributed by atoms with Crippen molar-refractivity contribution in [2.24, 2.45) is 0 Å². The van der Waals surface area contributed by atoms with Crippen LogP contribution in [0.1, 0.15) is 24.0 Å². The van der Waals surface area contributed by atoms with Gasteiger partial charge in [-0.25, -0.2) is 0 Å². The van der Waals surface area contributed by atoms with Gasteiger partial charge in [0.1, 0.15) is 11.5 Å². The maximum absolute atomic E-state index is 11.6. The van der Waals surface area contributed by atoms with Crippen LogP contribution in [0.15, 0.2) is 42.5 Å². The second-order valence-electron chi connectivity index (χ2n) is 5.29. The first-order valence-corrected chi connectivity index (χ1v) is 7.82. The quantitative estimate of drug-likeness (QED) is 0.757. The number of carbonyl (C=O) groups is 1. The van der Waals surface area contributed by atoms with E-state index in [0.717, 1.165) is 28.3 Å². The van der Waals surface area contributed by atoms with Crippen LogP contribution >= 0.6 is 11.6 Å². The van der Waals surface area contributed by atoms with E-state index in [2.05, 4.69) is 11.4 Å². The topological polar surface area (TPSA) is 38.3 Å². The summed E-state index contributed by atoms with van der Waals surface area (Å²) in [6.07, 6.45) is 1.12. The molecule has 3 nitrogen and oxygen atoms in total. The summed E-state index contributed by atoms with van der Waals surface area (Å²) in [5, 5.41) is 2.83. The third-order valence-electron chi connectivity index (χ3n) is 3.11. The average molecular weight is 318 g/mol. The predicted octanol–water partition coefficient (Wildman–Crippen LogP) is 5.05. The summed E-state index contributed by atoms with van der Waals surface area (Å²) in [4.78, 5) is 11.6. The summed E-state index contributed by atoms with van der Waals surface area (Å²) in [6.45, 7) is 4.08. The van der Waals surface area contributed by atoms with Crippen molar-refractivity contribution in [2.45, 2.75) is 26.7 Å². The molecule has 1 N–H and O–H groups in total. The highest BCUT2D eigenvalue weighted by Gasteiger charge is 2.03. The number of rotatable bonds is 6. The van der Waals surface area contributed by atoms with Gasteiger partial charge in [0, 0.05) is 18.0 Å². The van der Waals surface area contributed by atoms with Crippen LogP contribution < -0.4 is 10.1 Å². The number of anilines is 1. The van der Waals surface area contributed by atoms with E-state index < -0.39 is 0 Å². The second kappa shape index (κ2) is 7.85. The molecule has 0 heterocycles. The fourth-order valence-corrected chi connectivity index (χ4v) is 2.32. The molecule has 22 heavy (non-hydrogen) atoms. The Labute approximate surface area is 136 Å². The van der Waals surface area contributed by atoms with Gasteiger partial charge in [-0.15, -0.1) is 11.6 Å². The Morgan fingerprint density at radius 3 is 2.27 bits per heavy atom. The van der Waals surface area contributed by atoms with Crippen LogP contribution in [0, 0.1) is 13.8 Å². The molecule has 0 spiro atoms. The Balaban J connectivity index is 1.98. The Morgan fingerprint density at radius 1 is 1.05 bits per heavy atom. The molecule has 2 aromatic carbocycles. The van der Waals surface area contributed by atoms with Crippen LogP contribution in [0.2, 0.25) is 0 Å². The molecule has 0 atom stereocenters. The number of nitrogens with one attached hydrogen (secondary N) is 1. The average Bonchev–Trinajstić information content (AvgIpc) is 2.46. The van der Waals surface area contributed by atoms with Crippen molar-refractivity contribution in [2.75, 3.05) is 11.2 Å². The van der Waals surface area contributed by atoms with Gasteiger partial charge in [0.25, 0.3) is 0 Å². The molecular weight excluding hydrogens is 298 g/mol. The highest BCUT2D eigenvalue weighted by Crippen LogP contribution is 2.25. The van der Waals surface area contributed by atoms with Gasteiger partial charge >= 0.3 is 0 Å². The summed E-state index contributed by atoms with van der Waals surface area (Å²) in [5.41, 5.74) is 3.09. The molecule has 0 saturated carbocycles. The van der Waals surface area contributed by atoms with Crippen molar-refractivity contribution in [3.8, 4) is 11.5 Å². The van der Waals surface area contributed by atoms with Gasteiger partial charge in [-0.3, -0.25) is 4.79 Å². The third-order valence-corrected chi connectivity index (χ3v) is 3.37. The minimum absolute atomic E-state index is 0.0244. The van der Waals surface area contributed by atoms with Crippen LogP contribution in [0.25, 0.3) is 0 Å². The van der Waals surface area contributed by atoms with Crippen LogP contribution in [-0.4, -0.2) is 11.8 Å². The molecule has 0 bridgehead atoms. The third kappa shape index (κ3) is 5.08. The van der Waals surface area contributed by atoms with Gasteiger partial charge in [-0.05, 0) is 67.8 Å². The lowest BCUT2D eigenvalue weighted by Gasteiger charge is -2.09.